The van der Waals surface area contributed by atoms with E-state index in [4.69, 9.17) is 14.2 Å². The SMILES string of the molecule is CC\C=C/C=C\C=C/C=C\C=C\C=C/C=C\CCCCCC(=O)OCC(COC(=O)CCCCCCCCCCC)OC(=O)CCCCCCCCCCCCCCCCCCC. The Morgan fingerprint density at radius 1 is 0.333 bits per heavy atom. The first-order chi connectivity index (χ1) is 31.0. The van der Waals surface area contributed by atoms with Crippen molar-refractivity contribution in [3.05, 3.63) is 85.1 Å². The van der Waals surface area contributed by atoms with Gasteiger partial charge in [-0.1, -0.05) is 266 Å². The lowest BCUT2D eigenvalue weighted by atomic mass is 10.0. The number of ether oxygens (including phenoxy) is 3. The summed E-state index contributed by atoms with van der Waals surface area (Å²) >= 11 is 0. The van der Waals surface area contributed by atoms with Crippen LogP contribution in [-0.4, -0.2) is 37.2 Å². The second-order valence-corrected chi connectivity index (χ2v) is 17.3. The molecule has 0 N–H and O–H groups in total. The number of esters is 3. The van der Waals surface area contributed by atoms with Crippen molar-refractivity contribution < 1.29 is 28.6 Å². The summed E-state index contributed by atoms with van der Waals surface area (Å²) in [5.41, 5.74) is 0. The van der Waals surface area contributed by atoms with Crippen molar-refractivity contribution in [3.63, 3.8) is 0 Å². The van der Waals surface area contributed by atoms with E-state index in [1.54, 1.807) is 0 Å². The minimum Gasteiger partial charge on any atom is -0.462 e. The molecular formula is C57H96O6. The van der Waals surface area contributed by atoms with Gasteiger partial charge in [0.15, 0.2) is 6.10 Å². The predicted molar refractivity (Wildman–Crippen MR) is 270 cm³/mol. The lowest BCUT2D eigenvalue weighted by molar-refractivity contribution is -0.167. The Bertz CT molecular complexity index is 1240. The van der Waals surface area contributed by atoms with Gasteiger partial charge in [0.05, 0.1) is 0 Å². The molecule has 6 heteroatoms. The molecule has 0 aromatic carbocycles. The summed E-state index contributed by atoms with van der Waals surface area (Å²) in [5.74, 6) is -0.935. The van der Waals surface area contributed by atoms with Crippen molar-refractivity contribution in [1.82, 2.24) is 0 Å². The third-order valence-electron chi connectivity index (χ3n) is 11.1. The second-order valence-electron chi connectivity index (χ2n) is 17.3. The maximum Gasteiger partial charge on any atom is 0.306 e. The number of hydrogen-bond donors (Lipinski definition) is 0. The van der Waals surface area contributed by atoms with Gasteiger partial charge in [0.25, 0.3) is 0 Å². The lowest BCUT2D eigenvalue weighted by Gasteiger charge is -2.18. The quantitative estimate of drug-likeness (QED) is 0.0262. The molecule has 6 nitrogen and oxygen atoms in total. The fourth-order valence-corrected chi connectivity index (χ4v) is 7.19. The second kappa shape index (κ2) is 51.2. The zero-order valence-electron chi connectivity index (χ0n) is 41.1. The van der Waals surface area contributed by atoms with Gasteiger partial charge < -0.3 is 14.2 Å². The highest BCUT2D eigenvalue weighted by molar-refractivity contribution is 5.71. The summed E-state index contributed by atoms with van der Waals surface area (Å²) in [6.07, 6.45) is 65.7. The molecule has 0 saturated carbocycles. The van der Waals surface area contributed by atoms with Gasteiger partial charge in [0.1, 0.15) is 13.2 Å². The number of hydrogen-bond acceptors (Lipinski definition) is 6. The highest BCUT2D eigenvalue weighted by Crippen LogP contribution is 2.16. The topological polar surface area (TPSA) is 78.9 Å². The minimum absolute atomic E-state index is 0.0891. The normalized spacial score (nSPS) is 12.7. The minimum atomic E-state index is -0.791. The van der Waals surface area contributed by atoms with Crippen LogP contribution in [0.15, 0.2) is 85.1 Å². The van der Waals surface area contributed by atoms with Crippen LogP contribution in [0.3, 0.4) is 0 Å². The van der Waals surface area contributed by atoms with E-state index in [-0.39, 0.29) is 31.1 Å². The molecule has 0 bridgehead atoms. The highest BCUT2D eigenvalue weighted by atomic mass is 16.6. The van der Waals surface area contributed by atoms with Crippen LogP contribution >= 0.6 is 0 Å². The van der Waals surface area contributed by atoms with Crippen LogP contribution in [0.4, 0.5) is 0 Å². The summed E-state index contributed by atoms with van der Waals surface area (Å²) < 4.78 is 16.7. The van der Waals surface area contributed by atoms with E-state index in [1.165, 1.54) is 128 Å². The van der Waals surface area contributed by atoms with Gasteiger partial charge in [-0.15, -0.1) is 0 Å². The van der Waals surface area contributed by atoms with Crippen molar-refractivity contribution in [2.24, 2.45) is 0 Å². The number of carbonyl (C=O) groups excluding carboxylic acids is 3. The standard InChI is InChI=1S/C57H96O6/c1-4-7-10-13-16-19-21-23-25-27-28-30-31-33-35-38-41-44-47-50-56(59)62-53-54(52-61-55(58)49-46-43-40-37-18-15-12-9-6-3)63-57(60)51-48-45-42-39-36-34-32-29-26-24-22-20-17-14-11-8-5-2/h7,10,13,16,19,21,23,25,27-28,30-31,33,35,54H,4-6,8-9,11-12,14-15,17-18,20,22,24,26,29,32,34,36-53H2,1-3H3/b10-7-,16-13-,21-19-,25-23-,28-27+,31-30-,35-33-. The van der Waals surface area contributed by atoms with E-state index in [9.17, 15) is 14.4 Å². The van der Waals surface area contributed by atoms with Gasteiger partial charge in [-0.3, -0.25) is 14.4 Å². The van der Waals surface area contributed by atoms with Crippen LogP contribution < -0.4 is 0 Å². The molecule has 63 heavy (non-hydrogen) atoms. The van der Waals surface area contributed by atoms with Crippen LogP contribution in [0.25, 0.3) is 0 Å². The molecule has 0 aromatic rings. The first-order valence-electron chi connectivity index (χ1n) is 26.2. The van der Waals surface area contributed by atoms with Crippen LogP contribution in [0.1, 0.15) is 239 Å². The molecule has 0 fully saturated rings. The molecule has 0 aliphatic carbocycles. The molecule has 360 valence electrons. The van der Waals surface area contributed by atoms with Gasteiger partial charge in [0.2, 0.25) is 0 Å². The Labute approximate surface area is 388 Å². The van der Waals surface area contributed by atoms with E-state index in [0.717, 1.165) is 70.6 Å². The summed E-state index contributed by atoms with van der Waals surface area (Å²) in [6.45, 7) is 6.44. The molecule has 1 unspecified atom stereocenters. The zero-order chi connectivity index (χ0) is 45.8. The molecule has 0 amide bonds. The Morgan fingerprint density at radius 3 is 0.968 bits per heavy atom. The van der Waals surface area contributed by atoms with Gasteiger partial charge in [-0.25, -0.2) is 0 Å². The van der Waals surface area contributed by atoms with E-state index < -0.39 is 6.10 Å². The molecule has 0 heterocycles. The number of unbranched alkanes of at least 4 members (excludes halogenated alkanes) is 27. The Morgan fingerprint density at radius 2 is 0.619 bits per heavy atom. The van der Waals surface area contributed by atoms with Crippen LogP contribution in [-0.2, 0) is 28.6 Å². The Kier molecular flexibility index (Phi) is 48.5. The fourth-order valence-electron chi connectivity index (χ4n) is 7.19. The molecule has 0 spiro atoms. The molecule has 0 saturated heterocycles. The maximum atomic E-state index is 12.8. The highest BCUT2D eigenvalue weighted by Gasteiger charge is 2.19. The summed E-state index contributed by atoms with van der Waals surface area (Å²) in [7, 11) is 0. The summed E-state index contributed by atoms with van der Waals surface area (Å²) in [4.78, 5) is 37.9. The fraction of sp³-hybridized carbons (Fsp3) is 0.702. The number of carbonyl (C=O) groups is 3. The Hall–Kier alpha value is -3.41. The van der Waals surface area contributed by atoms with Crippen molar-refractivity contribution in [1.29, 1.82) is 0 Å². The monoisotopic (exact) mass is 877 g/mol. The van der Waals surface area contributed by atoms with Crippen molar-refractivity contribution in [3.8, 4) is 0 Å². The van der Waals surface area contributed by atoms with Gasteiger partial charge in [0, 0.05) is 19.3 Å². The molecule has 0 aliphatic rings. The molecule has 0 radical (unpaired) electrons. The van der Waals surface area contributed by atoms with Crippen molar-refractivity contribution in [2.45, 2.75) is 245 Å². The molecule has 0 aliphatic heterocycles. The van der Waals surface area contributed by atoms with Crippen molar-refractivity contribution in [2.75, 3.05) is 13.2 Å². The third kappa shape index (κ3) is 49.5. The average Bonchev–Trinajstić information content (AvgIpc) is 3.28. The number of allylic oxidation sites excluding steroid dienone is 14. The average molecular weight is 877 g/mol. The van der Waals surface area contributed by atoms with Crippen LogP contribution in [0, 0.1) is 0 Å². The Balaban J connectivity index is 4.41. The summed E-state index contributed by atoms with van der Waals surface area (Å²) in [6, 6.07) is 0. The zero-order valence-corrected chi connectivity index (χ0v) is 41.1. The molecule has 0 aromatic heterocycles. The summed E-state index contributed by atoms with van der Waals surface area (Å²) in [5, 5.41) is 0. The molecule has 0 rings (SSSR count). The van der Waals surface area contributed by atoms with E-state index in [2.05, 4.69) is 32.9 Å². The maximum absolute atomic E-state index is 12.8. The first-order valence-corrected chi connectivity index (χ1v) is 26.2. The van der Waals surface area contributed by atoms with E-state index >= 15 is 0 Å². The van der Waals surface area contributed by atoms with Crippen LogP contribution in [0.2, 0.25) is 0 Å². The molecular weight excluding hydrogens is 781 g/mol. The van der Waals surface area contributed by atoms with Crippen LogP contribution in [0.5, 0.6) is 0 Å². The predicted octanol–water partition coefficient (Wildman–Crippen LogP) is 17.2. The van der Waals surface area contributed by atoms with Gasteiger partial charge in [-0.05, 0) is 38.5 Å². The van der Waals surface area contributed by atoms with Gasteiger partial charge >= 0.3 is 17.9 Å². The van der Waals surface area contributed by atoms with E-state index in [1.807, 2.05) is 72.9 Å². The van der Waals surface area contributed by atoms with E-state index in [0.29, 0.717) is 19.3 Å². The first kappa shape index (κ1) is 59.6. The van der Waals surface area contributed by atoms with Gasteiger partial charge in [-0.2, -0.15) is 0 Å². The third-order valence-corrected chi connectivity index (χ3v) is 11.1. The lowest BCUT2D eigenvalue weighted by Crippen LogP contribution is -2.30. The number of rotatable bonds is 46. The largest absolute Gasteiger partial charge is 0.462 e. The van der Waals surface area contributed by atoms with Crippen molar-refractivity contribution >= 4 is 17.9 Å². The smallest absolute Gasteiger partial charge is 0.306 e. The molecule has 1 atom stereocenters.